The number of carbonyl (C=O) groups excluding carboxylic acids is 1. The first-order valence-electron chi connectivity index (χ1n) is 11.1. The summed E-state index contributed by atoms with van der Waals surface area (Å²) in [5.41, 5.74) is 2.32. The number of aromatic nitrogens is 1. The monoisotopic (exact) mass is 464 g/mol. The van der Waals surface area contributed by atoms with E-state index in [1.165, 1.54) is 18.8 Å². The van der Waals surface area contributed by atoms with Crippen molar-refractivity contribution in [3.05, 3.63) is 64.3 Å². The van der Waals surface area contributed by atoms with Gasteiger partial charge in [-0.05, 0) is 55.7 Å². The van der Waals surface area contributed by atoms with Crippen molar-refractivity contribution in [2.24, 2.45) is 0 Å². The maximum Gasteiger partial charge on any atom is 0.263 e. The van der Waals surface area contributed by atoms with Crippen molar-refractivity contribution >= 4 is 27.6 Å². The molecule has 1 saturated heterocycles. The number of furan rings is 1. The van der Waals surface area contributed by atoms with Crippen LogP contribution in [0.2, 0.25) is 0 Å². The number of nitrogens with zero attached hydrogens (tertiary/aromatic N) is 2. The van der Waals surface area contributed by atoms with Gasteiger partial charge in [-0.2, -0.15) is 0 Å². The molecule has 1 aliphatic rings. The molecular weight excluding hydrogens is 439 g/mol. The highest BCUT2D eigenvalue weighted by Crippen LogP contribution is 2.33. The number of hydrogen-bond donors (Lipinski definition) is 0. The van der Waals surface area contributed by atoms with Crippen molar-refractivity contribution in [2.45, 2.75) is 25.9 Å². The van der Waals surface area contributed by atoms with Gasteiger partial charge in [0.25, 0.3) is 11.5 Å². The molecule has 0 spiro atoms. The fourth-order valence-corrected chi connectivity index (χ4v) is 4.54. The summed E-state index contributed by atoms with van der Waals surface area (Å²) in [5, 5.41) is 1.68. The summed E-state index contributed by atoms with van der Waals surface area (Å²) in [5.74, 6) is 0.556. The van der Waals surface area contributed by atoms with Gasteiger partial charge in [0, 0.05) is 35.7 Å². The van der Waals surface area contributed by atoms with Gasteiger partial charge < -0.3 is 18.8 Å². The van der Waals surface area contributed by atoms with Crippen LogP contribution in [0.25, 0.3) is 27.4 Å². The van der Waals surface area contributed by atoms with Gasteiger partial charge >= 0.3 is 0 Å². The maximum absolute atomic E-state index is 13.7. The molecule has 0 saturated carbocycles. The summed E-state index contributed by atoms with van der Waals surface area (Å²) >= 11 is 0. The Hall–Kier alpha value is -3.81. The molecule has 34 heavy (non-hydrogen) atoms. The van der Waals surface area contributed by atoms with E-state index in [1.807, 2.05) is 13.0 Å². The average Bonchev–Trinajstić information content (AvgIpc) is 3.23. The van der Waals surface area contributed by atoms with Crippen LogP contribution in [0.3, 0.4) is 0 Å². The van der Waals surface area contributed by atoms with Crippen molar-refractivity contribution in [3.63, 3.8) is 0 Å². The number of hydrogen-bond acceptors (Lipinski definition) is 5. The zero-order chi connectivity index (χ0) is 24.0. The van der Waals surface area contributed by atoms with E-state index in [9.17, 15) is 14.0 Å². The molecule has 1 fully saturated rings. The first-order chi connectivity index (χ1) is 16.4. The molecule has 0 N–H and O–H groups in total. The van der Waals surface area contributed by atoms with Crippen LogP contribution < -0.4 is 15.0 Å². The third kappa shape index (κ3) is 3.59. The van der Waals surface area contributed by atoms with E-state index in [-0.39, 0.29) is 11.5 Å². The van der Waals surface area contributed by atoms with Crippen molar-refractivity contribution in [1.82, 2.24) is 9.47 Å². The molecule has 176 valence electrons. The molecule has 0 bridgehead atoms. The summed E-state index contributed by atoms with van der Waals surface area (Å²) in [6.45, 7) is 2.58. The van der Waals surface area contributed by atoms with E-state index in [4.69, 9.17) is 13.9 Å². The number of fused-ring (bicyclic) bond motifs is 2. The molecule has 2 aromatic carbocycles. The molecule has 2 aromatic heterocycles. The average molecular weight is 464 g/mol. The standard InChI is InChI=1S/C26H25FN2O5/c1-15-14-34-22-5-4-17(10-18(15)22)29-13-21(25(30)28-8-6-16(27)7-9-28)19-11-23(32-2)24(33-3)12-20(19)26(29)31/h4-5,10-14,16H,6-9H2,1-3H3. The van der Waals surface area contributed by atoms with Crippen LogP contribution in [0.4, 0.5) is 4.39 Å². The predicted octanol–water partition coefficient (Wildman–Crippen LogP) is 4.64. The number of amides is 1. The number of carbonyl (C=O) groups is 1. The van der Waals surface area contributed by atoms with Gasteiger partial charge in [0.15, 0.2) is 11.5 Å². The Bertz CT molecular complexity index is 1460. The van der Waals surface area contributed by atoms with E-state index in [1.54, 1.807) is 41.6 Å². The molecule has 5 rings (SSSR count). The number of piperidine rings is 1. The molecule has 0 aliphatic carbocycles. The van der Waals surface area contributed by atoms with E-state index in [0.29, 0.717) is 65.0 Å². The van der Waals surface area contributed by atoms with Crippen molar-refractivity contribution in [1.29, 1.82) is 0 Å². The number of pyridine rings is 1. The Morgan fingerprint density at radius 2 is 1.71 bits per heavy atom. The number of alkyl halides is 1. The minimum absolute atomic E-state index is 0.251. The normalized spacial score (nSPS) is 14.6. The summed E-state index contributed by atoms with van der Waals surface area (Å²) in [6.07, 6.45) is 2.94. The number of likely N-dealkylation sites (tertiary alicyclic amines) is 1. The SMILES string of the molecule is COc1cc2c(C(=O)N3CCC(F)CC3)cn(-c3ccc4occ(C)c4c3)c(=O)c2cc1OC. The number of halogens is 1. The van der Waals surface area contributed by atoms with Crippen molar-refractivity contribution in [2.75, 3.05) is 27.3 Å². The van der Waals surface area contributed by atoms with Crippen LogP contribution in [0, 0.1) is 6.92 Å². The Morgan fingerprint density at radius 1 is 1.03 bits per heavy atom. The van der Waals surface area contributed by atoms with Gasteiger partial charge in [-0.25, -0.2) is 4.39 Å². The first-order valence-corrected chi connectivity index (χ1v) is 11.1. The number of benzene rings is 2. The molecule has 7 nitrogen and oxygen atoms in total. The quantitative estimate of drug-likeness (QED) is 0.440. The summed E-state index contributed by atoms with van der Waals surface area (Å²) < 4.78 is 31.6. The Balaban J connectivity index is 1.75. The molecular formula is C26H25FN2O5. The van der Waals surface area contributed by atoms with E-state index < -0.39 is 6.17 Å². The van der Waals surface area contributed by atoms with Crippen molar-refractivity contribution in [3.8, 4) is 17.2 Å². The molecule has 8 heteroatoms. The van der Waals surface area contributed by atoms with Crippen LogP contribution in [0.1, 0.15) is 28.8 Å². The number of methoxy groups -OCH3 is 2. The summed E-state index contributed by atoms with van der Waals surface area (Å²) in [4.78, 5) is 28.9. The lowest BCUT2D eigenvalue weighted by atomic mass is 10.0. The Morgan fingerprint density at radius 3 is 2.38 bits per heavy atom. The zero-order valence-corrected chi connectivity index (χ0v) is 19.3. The van der Waals surface area contributed by atoms with Crippen LogP contribution in [0.15, 0.2) is 52.0 Å². The third-order valence-electron chi connectivity index (χ3n) is 6.49. The minimum atomic E-state index is -0.899. The third-order valence-corrected chi connectivity index (χ3v) is 6.49. The van der Waals surface area contributed by atoms with Gasteiger partial charge in [-0.1, -0.05) is 0 Å². The smallest absolute Gasteiger partial charge is 0.263 e. The van der Waals surface area contributed by atoms with Gasteiger partial charge in [0.1, 0.15) is 11.8 Å². The minimum Gasteiger partial charge on any atom is -0.493 e. The van der Waals surface area contributed by atoms with Crippen LogP contribution >= 0.6 is 0 Å². The van der Waals surface area contributed by atoms with Crippen LogP contribution in [-0.4, -0.2) is 48.9 Å². The lowest BCUT2D eigenvalue weighted by Crippen LogP contribution is -2.39. The lowest BCUT2D eigenvalue weighted by Gasteiger charge is -2.29. The Labute approximate surface area is 195 Å². The lowest BCUT2D eigenvalue weighted by molar-refractivity contribution is 0.0668. The van der Waals surface area contributed by atoms with Gasteiger partial charge in [-0.15, -0.1) is 0 Å². The second kappa shape index (κ2) is 8.52. The second-order valence-corrected chi connectivity index (χ2v) is 8.54. The highest BCUT2D eigenvalue weighted by atomic mass is 19.1. The van der Waals surface area contributed by atoms with Crippen molar-refractivity contribution < 1.29 is 23.1 Å². The second-order valence-electron chi connectivity index (χ2n) is 8.54. The fraction of sp³-hybridized carbons (Fsp3) is 0.308. The molecule has 1 aliphatic heterocycles. The van der Waals surface area contributed by atoms with E-state index >= 15 is 0 Å². The molecule has 0 unspecified atom stereocenters. The summed E-state index contributed by atoms with van der Waals surface area (Å²) in [6, 6.07) is 8.70. The highest BCUT2D eigenvalue weighted by molar-refractivity contribution is 6.07. The predicted molar refractivity (Wildman–Crippen MR) is 127 cm³/mol. The number of aryl methyl sites for hydroxylation is 1. The first kappa shape index (κ1) is 22.0. The number of rotatable bonds is 4. The summed E-state index contributed by atoms with van der Waals surface area (Å²) in [7, 11) is 2.99. The largest absolute Gasteiger partial charge is 0.493 e. The van der Waals surface area contributed by atoms with Gasteiger partial charge in [0.05, 0.1) is 31.4 Å². The molecule has 4 aromatic rings. The van der Waals surface area contributed by atoms with Gasteiger partial charge in [0.2, 0.25) is 0 Å². The molecule has 0 radical (unpaired) electrons. The Kier molecular flexibility index (Phi) is 5.51. The van der Waals surface area contributed by atoms with E-state index in [0.717, 1.165) is 10.9 Å². The van der Waals surface area contributed by atoms with Crippen LogP contribution in [0.5, 0.6) is 11.5 Å². The topological polar surface area (TPSA) is 73.9 Å². The van der Waals surface area contributed by atoms with E-state index in [2.05, 4.69) is 0 Å². The number of ether oxygens (including phenoxy) is 2. The molecule has 1 amide bonds. The van der Waals surface area contributed by atoms with Crippen LogP contribution in [-0.2, 0) is 0 Å². The zero-order valence-electron chi connectivity index (χ0n) is 19.3. The van der Waals surface area contributed by atoms with Gasteiger partial charge in [-0.3, -0.25) is 14.2 Å². The molecule has 0 atom stereocenters. The highest BCUT2D eigenvalue weighted by Gasteiger charge is 2.26. The fourth-order valence-electron chi connectivity index (χ4n) is 4.54. The maximum atomic E-state index is 13.7. The molecule has 3 heterocycles.